The van der Waals surface area contributed by atoms with Crippen LogP contribution in [-0.2, 0) is 17.8 Å². The molecule has 2 N–H and O–H groups in total. The van der Waals surface area contributed by atoms with Crippen LogP contribution < -0.4 is 0 Å². The SMILES string of the molecule is Cc1c(CC(=O)O)c2cc(O)c(F)cc2n1Cc1csc(SC(F)(F)C(F)(F)F)c1. The maximum Gasteiger partial charge on any atom is 0.464 e. The molecule has 30 heavy (non-hydrogen) atoms. The van der Waals surface area contributed by atoms with Gasteiger partial charge in [-0.2, -0.15) is 22.0 Å². The molecule has 0 amide bonds. The van der Waals surface area contributed by atoms with E-state index >= 15 is 0 Å². The number of thiophene rings is 1. The topological polar surface area (TPSA) is 62.5 Å². The van der Waals surface area contributed by atoms with Gasteiger partial charge in [-0.05, 0) is 47.3 Å². The number of carboxylic acids is 1. The molecule has 3 aromatic rings. The Morgan fingerprint density at radius 3 is 2.47 bits per heavy atom. The molecule has 0 aliphatic carbocycles. The Morgan fingerprint density at radius 2 is 1.87 bits per heavy atom. The number of halogens is 6. The number of aromatic nitrogens is 1. The summed E-state index contributed by atoms with van der Waals surface area (Å²) in [5, 5.41) is 15.5. The molecule has 0 saturated heterocycles. The highest BCUT2D eigenvalue weighted by molar-refractivity contribution is 8.02. The van der Waals surface area contributed by atoms with Crippen LogP contribution in [0, 0.1) is 12.7 Å². The van der Waals surface area contributed by atoms with Crippen molar-refractivity contribution in [3.05, 3.63) is 46.2 Å². The van der Waals surface area contributed by atoms with Crippen molar-refractivity contribution in [2.24, 2.45) is 0 Å². The Kier molecular flexibility index (Phi) is 5.76. The highest BCUT2D eigenvalue weighted by Gasteiger charge is 2.58. The van der Waals surface area contributed by atoms with Gasteiger partial charge in [0.2, 0.25) is 0 Å². The molecule has 0 aliphatic rings. The molecule has 0 aliphatic heterocycles. The highest BCUT2D eigenvalue weighted by Crippen LogP contribution is 2.49. The van der Waals surface area contributed by atoms with E-state index in [1.165, 1.54) is 16.0 Å². The van der Waals surface area contributed by atoms with Crippen LogP contribution in [0.15, 0.2) is 27.8 Å². The van der Waals surface area contributed by atoms with E-state index in [1.54, 1.807) is 6.92 Å². The molecule has 3 rings (SSSR count). The molecule has 4 nitrogen and oxygen atoms in total. The number of rotatable bonds is 6. The second kappa shape index (κ2) is 7.73. The number of benzene rings is 1. The van der Waals surface area contributed by atoms with Crippen molar-refractivity contribution in [1.82, 2.24) is 4.57 Å². The minimum atomic E-state index is -5.69. The molecule has 0 radical (unpaired) electrons. The number of phenols is 1. The Bertz CT molecular complexity index is 1120. The molecule has 1 aromatic carbocycles. The van der Waals surface area contributed by atoms with Crippen LogP contribution in [-0.4, -0.2) is 32.2 Å². The molecule has 2 aromatic heterocycles. The number of nitrogens with zero attached hydrogens (tertiary/aromatic N) is 1. The second-order valence-corrected chi connectivity index (χ2v) is 8.76. The number of hydrogen-bond acceptors (Lipinski definition) is 4. The Labute approximate surface area is 173 Å². The molecule has 0 unspecified atom stereocenters. The van der Waals surface area contributed by atoms with Crippen molar-refractivity contribution in [2.45, 2.75) is 35.5 Å². The lowest BCUT2D eigenvalue weighted by atomic mass is 10.1. The van der Waals surface area contributed by atoms with Gasteiger partial charge in [0, 0.05) is 23.7 Å². The molecular weight excluding hydrogens is 456 g/mol. The smallest absolute Gasteiger partial charge is 0.464 e. The largest absolute Gasteiger partial charge is 0.505 e. The Balaban J connectivity index is 1.99. The van der Waals surface area contributed by atoms with Crippen LogP contribution >= 0.6 is 23.1 Å². The lowest BCUT2D eigenvalue weighted by Crippen LogP contribution is -2.32. The normalized spacial score (nSPS) is 12.6. The zero-order valence-electron chi connectivity index (χ0n) is 15.1. The zero-order chi connectivity index (χ0) is 22.4. The van der Waals surface area contributed by atoms with Gasteiger partial charge in [0.1, 0.15) is 0 Å². The van der Waals surface area contributed by atoms with Crippen LogP contribution in [0.2, 0.25) is 0 Å². The van der Waals surface area contributed by atoms with Gasteiger partial charge >= 0.3 is 17.4 Å². The first kappa shape index (κ1) is 22.3. The monoisotopic (exact) mass is 469 g/mol. The summed E-state index contributed by atoms with van der Waals surface area (Å²) in [4.78, 5) is 11.2. The molecule has 0 saturated carbocycles. The molecule has 0 atom stereocenters. The van der Waals surface area contributed by atoms with Gasteiger partial charge in [-0.25, -0.2) is 4.39 Å². The summed E-state index contributed by atoms with van der Waals surface area (Å²) in [5.74, 6) is -2.74. The van der Waals surface area contributed by atoms with E-state index in [4.69, 9.17) is 5.11 Å². The van der Waals surface area contributed by atoms with Gasteiger partial charge < -0.3 is 14.8 Å². The lowest BCUT2D eigenvalue weighted by molar-refractivity contribution is -0.237. The summed E-state index contributed by atoms with van der Waals surface area (Å²) in [6.45, 7) is 1.56. The quantitative estimate of drug-likeness (QED) is 0.355. The first-order valence-electron chi connectivity index (χ1n) is 8.23. The molecule has 0 spiro atoms. The Morgan fingerprint density at radius 1 is 1.20 bits per heavy atom. The van der Waals surface area contributed by atoms with Crippen molar-refractivity contribution in [3.63, 3.8) is 0 Å². The van der Waals surface area contributed by atoms with Crippen molar-refractivity contribution in [3.8, 4) is 5.75 Å². The number of carboxylic acid groups (broad SMARTS) is 1. The minimum absolute atomic E-state index is 0.0131. The number of alkyl halides is 5. The summed E-state index contributed by atoms with van der Waals surface area (Å²) in [6, 6.07) is 3.29. The number of phenolic OH excluding ortho intramolecular Hbond substituents is 1. The van der Waals surface area contributed by atoms with E-state index in [2.05, 4.69) is 0 Å². The minimum Gasteiger partial charge on any atom is -0.505 e. The first-order valence-corrected chi connectivity index (χ1v) is 9.92. The van der Waals surface area contributed by atoms with Crippen LogP contribution in [0.4, 0.5) is 26.3 Å². The summed E-state index contributed by atoms with van der Waals surface area (Å²) in [5.41, 5.74) is 1.43. The van der Waals surface area contributed by atoms with Gasteiger partial charge in [0.15, 0.2) is 11.6 Å². The van der Waals surface area contributed by atoms with Gasteiger partial charge in [0.25, 0.3) is 0 Å². The zero-order valence-corrected chi connectivity index (χ0v) is 16.7. The van der Waals surface area contributed by atoms with Crippen molar-refractivity contribution >= 4 is 40.0 Å². The fourth-order valence-corrected chi connectivity index (χ4v) is 4.85. The fourth-order valence-electron chi connectivity index (χ4n) is 2.99. The van der Waals surface area contributed by atoms with E-state index in [9.17, 15) is 36.2 Å². The summed E-state index contributed by atoms with van der Waals surface area (Å²) in [7, 11) is 0. The van der Waals surface area contributed by atoms with Crippen LogP contribution in [0.5, 0.6) is 5.75 Å². The standard InChI is InChI=1S/C18H13F6NO3S2/c1-8-10(4-15(27)28)11-3-14(26)12(19)5-13(11)25(8)6-9-2-16(29-7-9)30-18(23,24)17(20,21)22/h2-3,5,7,26H,4,6H2,1H3,(H,27,28). The maximum absolute atomic E-state index is 13.9. The molecule has 162 valence electrons. The predicted molar refractivity (Wildman–Crippen MR) is 99.9 cm³/mol. The molecule has 2 heterocycles. The van der Waals surface area contributed by atoms with E-state index in [0.717, 1.165) is 12.1 Å². The summed E-state index contributed by atoms with van der Waals surface area (Å²) in [6.07, 6.45) is -6.09. The number of carbonyl (C=O) groups is 1. The lowest BCUT2D eigenvalue weighted by Gasteiger charge is -2.17. The van der Waals surface area contributed by atoms with Crippen molar-refractivity contribution in [2.75, 3.05) is 0 Å². The summed E-state index contributed by atoms with van der Waals surface area (Å²) < 4.78 is 78.9. The number of fused-ring (bicyclic) bond motifs is 1. The number of aliphatic carboxylic acids is 1. The number of hydrogen-bond donors (Lipinski definition) is 2. The van der Waals surface area contributed by atoms with E-state index in [1.807, 2.05) is 0 Å². The fraction of sp³-hybridized carbons (Fsp3) is 0.278. The average molecular weight is 469 g/mol. The molecule has 12 heteroatoms. The number of aromatic hydroxyl groups is 1. The summed E-state index contributed by atoms with van der Waals surface area (Å²) >= 11 is 0.0977. The van der Waals surface area contributed by atoms with Crippen molar-refractivity contribution < 1.29 is 41.4 Å². The number of thioether (sulfide) groups is 1. The Hall–Kier alpha value is -2.34. The molecule has 0 fully saturated rings. The van der Waals surface area contributed by atoms with Crippen LogP contribution in [0.25, 0.3) is 10.9 Å². The van der Waals surface area contributed by atoms with Gasteiger partial charge in [-0.1, -0.05) is 0 Å². The third kappa shape index (κ3) is 4.24. The first-order chi connectivity index (χ1) is 13.8. The molecular formula is C18H13F6NO3S2. The van der Waals surface area contributed by atoms with Gasteiger partial charge in [-0.3, -0.25) is 4.79 Å². The van der Waals surface area contributed by atoms with Crippen LogP contribution in [0.1, 0.15) is 16.8 Å². The maximum atomic E-state index is 13.9. The van der Waals surface area contributed by atoms with Crippen LogP contribution in [0.3, 0.4) is 0 Å². The third-order valence-electron chi connectivity index (χ3n) is 4.38. The predicted octanol–water partition coefficient (Wildman–Crippen LogP) is 5.78. The van der Waals surface area contributed by atoms with Gasteiger partial charge in [-0.15, -0.1) is 11.3 Å². The van der Waals surface area contributed by atoms with E-state index in [-0.39, 0.29) is 16.3 Å². The van der Waals surface area contributed by atoms with Crippen molar-refractivity contribution in [1.29, 1.82) is 0 Å². The molecule has 0 bridgehead atoms. The second-order valence-electron chi connectivity index (χ2n) is 6.43. The average Bonchev–Trinajstić information content (AvgIpc) is 3.13. The third-order valence-corrected chi connectivity index (χ3v) is 6.50. The highest BCUT2D eigenvalue weighted by atomic mass is 32.2. The van der Waals surface area contributed by atoms with E-state index < -0.39 is 47.1 Å². The van der Waals surface area contributed by atoms with E-state index in [0.29, 0.717) is 33.5 Å². The van der Waals surface area contributed by atoms with Gasteiger partial charge in [0.05, 0.1) is 16.1 Å².